The van der Waals surface area contributed by atoms with E-state index >= 15 is 0 Å². The van der Waals surface area contributed by atoms with Crippen molar-refractivity contribution in [2.24, 2.45) is 0 Å². The third-order valence-electron chi connectivity index (χ3n) is 9.30. The molecule has 0 radical (unpaired) electrons. The first-order chi connectivity index (χ1) is 20.3. The van der Waals surface area contributed by atoms with Gasteiger partial charge in [-0.1, -0.05) is 98.0 Å². The van der Waals surface area contributed by atoms with Crippen molar-refractivity contribution in [1.82, 2.24) is 14.5 Å². The first-order valence-corrected chi connectivity index (χ1v) is 15.5. The van der Waals surface area contributed by atoms with Crippen LogP contribution in [0.4, 0.5) is 0 Å². The van der Waals surface area contributed by atoms with Crippen LogP contribution in [-0.2, 0) is 6.42 Å². The molecule has 198 valence electrons. The lowest BCUT2D eigenvalue weighted by atomic mass is 9.70. The summed E-state index contributed by atoms with van der Waals surface area (Å²) in [7, 11) is 0. The number of para-hydroxylation sites is 1. The van der Waals surface area contributed by atoms with E-state index in [4.69, 9.17) is 9.97 Å². The maximum atomic E-state index is 5.39. The Morgan fingerprint density at radius 2 is 1.63 bits per heavy atom. The van der Waals surface area contributed by atoms with Gasteiger partial charge in [-0.25, -0.2) is 9.97 Å². The van der Waals surface area contributed by atoms with Crippen molar-refractivity contribution in [2.45, 2.75) is 43.9 Å². The van der Waals surface area contributed by atoms with Crippen molar-refractivity contribution >= 4 is 34.4 Å². The van der Waals surface area contributed by atoms with E-state index in [1.54, 1.807) is 5.56 Å². The first-order valence-electron chi connectivity index (χ1n) is 14.7. The zero-order valence-electron chi connectivity index (χ0n) is 22.9. The van der Waals surface area contributed by atoms with Crippen LogP contribution < -0.4 is 0 Å². The average molecular weight is 548 g/mol. The van der Waals surface area contributed by atoms with Crippen LogP contribution in [0.5, 0.6) is 0 Å². The van der Waals surface area contributed by atoms with Crippen molar-refractivity contribution in [3.8, 4) is 27.8 Å². The lowest BCUT2D eigenvalue weighted by molar-refractivity contribution is 0.686. The molecule has 4 aliphatic carbocycles. The second kappa shape index (κ2) is 8.86. The Bertz CT molecular complexity index is 2000. The van der Waals surface area contributed by atoms with Gasteiger partial charge in [0, 0.05) is 38.9 Å². The topological polar surface area (TPSA) is 30.7 Å². The Hall–Kier alpha value is -4.28. The molecule has 0 fully saturated rings. The summed E-state index contributed by atoms with van der Waals surface area (Å²) in [5.41, 5.74) is 11.7. The third kappa shape index (κ3) is 3.31. The number of fused-ring (bicyclic) bond motifs is 11. The lowest BCUT2D eigenvalue weighted by Gasteiger charge is -2.33. The summed E-state index contributed by atoms with van der Waals surface area (Å²) < 4.78 is 2.45. The molecule has 0 N–H and O–H groups in total. The molecule has 0 saturated heterocycles. The average Bonchev–Trinajstić information content (AvgIpc) is 3.59. The molecule has 9 rings (SSSR count). The molecule has 0 aliphatic heterocycles. The summed E-state index contributed by atoms with van der Waals surface area (Å²) in [4.78, 5) is 13.5. The molecule has 0 spiro atoms. The number of hydrogen-bond donors (Lipinski definition) is 0. The van der Waals surface area contributed by atoms with Crippen LogP contribution >= 0.6 is 11.3 Å². The van der Waals surface area contributed by atoms with Crippen molar-refractivity contribution in [3.05, 3.63) is 124 Å². The molecule has 41 heavy (non-hydrogen) atoms. The number of nitrogens with zero attached hydrogens (tertiary/aromatic N) is 3. The number of allylic oxidation sites excluding steroid dienone is 6. The van der Waals surface area contributed by atoms with Crippen molar-refractivity contribution in [1.29, 1.82) is 0 Å². The number of thiophene rings is 1. The van der Waals surface area contributed by atoms with E-state index in [9.17, 15) is 0 Å². The summed E-state index contributed by atoms with van der Waals surface area (Å²) in [5.74, 6) is 1.98. The monoisotopic (exact) mass is 547 g/mol. The minimum atomic E-state index is 0.311. The standard InChI is InChI=1S/C37H29N3S/c1-22-12-11-21-30-31(22)33-25-16-6-5-15-24(25)32-27-18-8-10-20-29(27)40(35(32)36(33)41-30)37-38-28-19-9-7-17-26(28)34(39-37)23-13-3-2-4-14-23/h2-9,11,13-19,21-22,24-25H,10,12,20H2,1H3. The van der Waals surface area contributed by atoms with Crippen LogP contribution in [0.25, 0.3) is 50.8 Å². The minimum Gasteiger partial charge on any atom is -0.281 e. The van der Waals surface area contributed by atoms with Crippen LogP contribution in [0.1, 0.15) is 70.3 Å². The van der Waals surface area contributed by atoms with Gasteiger partial charge in [0.1, 0.15) is 0 Å². The van der Waals surface area contributed by atoms with E-state index in [2.05, 4.69) is 115 Å². The fraction of sp³-hybridized carbons (Fsp3) is 0.189. The van der Waals surface area contributed by atoms with Crippen molar-refractivity contribution in [3.63, 3.8) is 0 Å². The minimum absolute atomic E-state index is 0.311. The largest absolute Gasteiger partial charge is 0.281 e. The molecule has 3 nitrogen and oxygen atoms in total. The molecule has 3 heterocycles. The zero-order valence-corrected chi connectivity index (χ0v) is 23.7. The van der Waals surface area contributed by atoms with Gasteiger partial charge in [0.2, 0.25) is 5.95 Å². The SMILES string of the molecule is CC1CC=Cc2sc3c(c21)C1C=CC=CC1c1c2c(n(-c4nc(-c5ccccc5)c5ccccc5n4)c1-3)CCC=C2. The number of benzene rings is 2. The fourth-order valence-electron chi connectivity index (χ4n) is 7.54. The van der Waals surface area contributed by atoms with Gasteiger partial charge in [0.15, 0.2) is 0 Å². The molecule has 3 aromatic heterocycles. The van der Waals surface area contributed by atoms with Gasteiger partial charge in [-0.2, -0.15) is 0 Å². The second-order valence-corrected chi connectivity index (χ2v) is 12.7. The van der Waals surface area contributed by atoms with Gasteiger partial charge in [0.05, 0.1) is 21.8 Å². The molecule has 4 aliphatic rings. The van der Waals surface area contributed by atoms with E-state index in [0.29, 0.717) is 17.8 Å². The summed E-state index contributed by atoms with van der Waals surface area (Å²) in [6, 6.07) is 19.0. The van der Waals surface area contributed by atoms with Gasteiger partial charge in [-0.3, -0.25) is 4.57 Å². The highest BCUT2D eigenvalue weighted by Crippen LogP contribution is 2.59. The summed E-state index contributed by atoms with van der Waals surface area (Å²) in [6.45, 7) is 2.40. The molecule has 3 unspecified atom stereocenters. The highest BCUT2D eigenvalue weighted by Gasteiger charge is 2.42. The molecule has 0 bridgehead atoms. The van der Waals surface area contributed by atoms with Crippen molar-refractivity contribution < 1.29 is 0 Å². The summed E-state index contributed by atoms with van der Waals surface area (Å²) in [6.07, 6.45) is 21.9. The highest BCUT2D eigenvalue weighted by atomic mass is 32.1. The van der Waals surface area contributed by atoms with E-state index in [-0.39, 0.29) is 0 Å². The molecule has 0 saturated carbocycles. The van der Waals surface area contributed by atoms with Crippen LogP contribution in [0.2, 0.25) is 0 Å². The molecule has 4 heteroatoms. The van der Waals surface area contributed by atoms with Gasteiger partial charge in [-0.05, 0) is 54.0 Å². The maximum Gasteiger partial charge on any atom is 0.235 e. The van der Waals surface area contributed by atoms with Crippen LogP contribution in [0.15, 0.2) is 91.1 Å². The molecule has 3 atom stereocenters. The van der Waals surface area contributed by atoms with Crippen LogP contribution in [0.3, 0.4) is 0 Å². The fourth-order valence-corrected chi connectivity index (χ4v) is 9.00. The third-order valence-corrected chi connectivity index (χ3v) is 10.5. The predicted octanol–water partition coefficient (Wildman–Crippen LogP) is 9.60. The predicted molar refractivity (Wildman–Crippen MR) is 171 cm³/mol. The van der Waals surface area contributed by atoms with Gasteiger partial charge >= 0.3 is 0 Å². The van der Waals surface area contributed by atoms with Gasteiger partial charge < -0.3 is 0 Å². The normalized spacial score (nSPS) is 21.3. The first kappa shape index (κ1) is 23.4. The quantitative estimate of drug-likeness (QED) is 0.220. The Morgan fingerprint density at radius 1 is 0.829 bits per heavy atom. The number of rotatable bonds is 2. The van der Waals surface area contributed by atoms with Crippen LogP contribution in [-0.4, -0.2) is 14.5 Å². The Morgan fingerprint density at radius 3 is 2.51 bits per heavy atom. The zero-order chi connectivity index (χ0) is 27.1. The Kier molecular flexibility index (Phi) is 5.06. The smallest absolute Gasteiger partial charge is 0.235 e. The number of aromatic nitrogens is 3. The summed E-state index contributed by atoms with van der Waals surface area (Å²) >= 11 is 1.97. The van der Waals surface area contributed by atoms with E-state index in [1.807, 2.05) is 11.3 Å². The molecular formula is C37H29N3S. The van der Waals surface area contributed by atoms with Crippen molar-refractivity contribution in [2.75, 3.05) is 0 Å². The number of hydrogen-bond acceptors (Lipinski definition) is 3. The Labute approximate surface area is 243 Å². The van der Waals surface area contributed by atoms with Crippen LogP contribution in [0, 0.1) is 0 Å². The molecule has 2 aromatic carbocycles. The maximum absolute atomic E-state index is 5.39. The Balaban J connectivity index is 1.40. The van der Waals surface area contributed by atoms with E-state index in [1.165, 1.54) is 37.8 Å². The lowest BCUT2D eigenvalue weighted by Crippen LogP contribution is -2.18. The van der Waals surface area contributed by atoms with Gasteiger partial charge in [-0.15, -0.1) is 11.3 Å². The van der Waals surface area contributed by atoms with E-state index in [0.717, 1.165) is 47.4 Å². The summed E-state index contributed by atoms with van der Waals surface area (Å²) in [5, 5.41) is 1.09. The highest BCUT2D eigenvalue weighted by molar-refractivity contribution is 7.16. The molecular weight excluding hydrogens is 518 g/mol. The molecule has 0 amide bonds. The molecule has 5 aromatic rings. The van der Waals surface area contributed by atoms with Gasteiger partial charge in [0.25, 0.3) is 0 Å². The van der Waals surface area contributed by atoms with E-state index < -0.39 is 0 Å². The second-order valence-electron chi connectivity index (χ2n) is 11.6.